The third kappa shape index (κ3) is 5.82. The zero-order valence-electron chi connectivity index (χ0n) is 14.7. The van der Waals surface area contributed by atoms with Crippen LogP contribution in [0.2, 0.25) is 0 Å². The molecule has 1 aromatic heterocycles. The smallest absolute Gasteiger partial charge is 0.410 e. The molecule has 1 N–H and O–H groups in total. The molecule has 2 atom stereocenters. The number of carbonyl (C=O) groups excluding carboxylic acids is 1. The summed E-state index contributed by atoms with van der Waals surface area (Å²) in [7, 11) is 0. The first kappa shape index (κ1) is 17.7. The van der Waals surface area contributed by atoms with Gasteiger partial charge in [0.25, 0.3) is 0 Å². The molecule has 0 bridgehead atoms. The van der Waals surface area contributed by atoms with Gasteiger partial charge in [-0.3, -0.25) is 4.98 Å². The van der Waals surface area contributed by atoms with E-state index in [0.717, 1.165) is 32.4 Å². The highest BCUT2D eigenvalue weighted by Gasteiger charge is 2.25. The van der Waals surface area contributed by atoms with Crippen LogP contribution < -0.4 is 5.32 Å². The van der Waals surface area contributed by atoms with Crippen molar-refractivity contribution in [3.05, 3.63) is 30.1 Å². The molecule has 2 rings (SSSR count). The Bertz CT molecular complexity index is 499. The zero-order chi connectivity index (χ0) is 16.9. The van der Waals surface area contributed by atoms with E-state index in [0.29, 0.717) is 6.04 Å². The lowest BCUT2D eigenvalue weighted by Crippen LogP contribution is -2.38. The minimum Gasteiger partial charge on any atom is -0.444 e. The average molecular weight is 319 g/mol. The van der Waals surface area contributed by atoms with Crippen molar-refractivity contribution in [3.63, 3.8) is 0 Å². The lowest BCUT2D eigenvalue weighted by Gasteiger charge is -2.26. The predicted molar refractivity (Wildman–Crippen MR) is 91.2 cm³/mol. The van der Waals surface area contributed by atoms with Crippen molar-refractivity contribution in [2.24, 2.45) is 0 Å². The molecule has 5 nitrogen and oxygen atoms in total. The van der Waals surface area contributed by atoms with Crippen LogP contribution in [-0.2, 0) is 4.74 Å². The van der Waals surface area contributed by atoms with E-state index >= 15 is 0 Å². The second-order valence-electron chi connectivity index (χ2n) is 7.26. The molecule has 23 heavy (non-hydrogen) atoms. The number of nitrogens with zero attached hydrogens (tertiary/aromatic N) is 2. The van der Waals surface area contributed by atoms with Gasteiger partial charge in [-0.05, 0) is 64.7 Å². The summed E-state index contributed by atoms with van der Waals surface area (Å²) in [5.74, 6) is 0. The molecule has 5 heteroatoms. The Balaban J connectivity index is 1.85. The maximum absolute atomic E-state index is 12.2. The van der Waals surface area contributed by atoms with Crippen LogP contribution >= 0.6 is 0 Å². The van der Waals surface area contributed by atoms with Crippen LogP contribution in [0, 0.1) is 0 Å². The van der Waals surface area contributed by atoms with Gasteiger partial charge in [0.1, 0.15) is 5.60 Å². The quantitative estimate of drug-likeness (QED) is 0.926. The van der Waals surface area contributed by atoms with Gasteiger partial charge < -0.3 is 15.0 Å². The molecule has 2 heterocycles. The Hall–Kier alpha value is -1.62. The van der Waals surface area contributed by atoms with Crippen LogP contribution in [0.25, 0.3) is 0 Å². The molecular formula is C18H29N3O2. The summed E-state index contributed by atoms with van der Waals surface area (Å²) >= 11 is 0. The molecule has 1 fully saturated rings. The number of amides is 1. The molecule has 1 saturated heterocycles. The number of hydrogen-bond acceptors (Lipinski definition) is 4. The normalized spacial score (nSPS) is 20.7. The van der Waals surface area contributed by atoms with Crippen molar-refractivity contribution >= 4 is 6.09 Å². The van der Waals surface area contributed by atoms with Crippen molar-refractivity contribution in [2.45, 2.75) is 64.6 Å². The molecule has 1 aliphatic rings. The molecule has 0 saturated carbocycles. The highest BCUT2D eigenvalue weighted by atomic mass is 16.6. The summed E-state index contributed by atoms with van der Waals surface area (Å²) in [6.45, 7) is 9.41. The standard InChI is InChI=1S/C18H29N3O2/c1-14(15-7-10-19-11-8-15)20-16-6-5-12-21(13-9-16)17(22)23-18(2,3)4/h7-8,10-11,14,16,20H,5-6,9,12-13H2,1-4H3/t14-,16?/m1/s1. The van der Waals surface area contributed by atoms with Crippen molar-refractivity contribution in [3.8, 4) is 0 Å². The zero-order valence-corrected chi connectivity index (χ0v) is 14.7. The Morgan fingerprint density at radius 2 is 2.00 bits per heavy atom. The summed E-state index contributed by atoms with van der Waals surface area (Å²) in [6, 6.07) is 4.80. The Morgan fingerprint density at radius 1 is 1.30 bits per heavy atom. The van der Waals surface area contributed by atoms with Gasteiger partial charge in [-0.2, -0.15) is 0 Å². The van der Waals surface area contributed by atoms with Crippen molar-refractivity contribution in [1.29, 1.82) is 0 Å². The van der Waals surface area contributed by atoms with E-state index in [4.69, 9.17) is 4.74 Å². The number of ether oxygens (including phenoxy) is 1. The first-order chi connectivity index (χ1) is 10.8. The summed E-state index contributed by atoms with van der Waals surface area (Å²) < 4.78 is 5.48. The topological polar surface area (TPSA) is 54.5 Å². The molecule has 1 aliphatic heterocycles. The van der Waals surface area contributed by atoms with Crippen LogP contribution in [0.1, 0.15) is 58.6 Å². The van der Waals surface area contributed by atoms with E-state index in [2.05, 4.69) is 17.2 Å². The van der Waals surface area contributed by atoms with Gasteiger partial charge in [0.2, 0.25) is 0 Å². The molecule has 128 valence electrons. The molecule has 0 spiro atoms. The first-order valence-electron chi connectivity index (χ1n) is 8.49. The summed E-state index contributed by atoms with van der Waals surface area (Å²) in [6.07, 6.45) is 6.49. The SMILES string of the molecule is C[C@@H](NC1CCCN(C(=O)OC(C)(C)C)CC1)c1ccncc1. The number of likely N-dealkylation sites (tertiary alicyclic amines) is 1. The van der Waals surface area contributed by atoms with Crippen LogP contribution in [0.15, 0.2) is 24.5 Å². The largest absolute Gasteiger partial charge is 0.444 e. The van der Waals surface area contributed by atoms with Gasteiger partial charge in [-0.15, -0.1) is 0 Å². The Labute approximate surface area is 139 Å². The second-order valence-corrected chi connectivity index (χ2v) is 7.26. The number of hydrogen-bond donors (Lipinski definition) is 1. The molecule has 0 radical (unpaired) electrons. The number of rotatable bonds is 3. The van der Waals surface area contributed by atoms with E-state index < -0.39 is 5.60 Å². The van der Waals surface area contributed by atoms with Crippen molar-refractivity contribution in [2.75, 3.05) is 13.1 Å². The van der Waals surface area contributed by atoms with E-state index in [1.807, 2.05) is 50.2 Å². The second kappa shape index (κ2) is 7.77. The number of aromatic nitrogens is 1. The first-order valence-corrected chi connectivity index (χ1v) is 8.49. The summed E-state index contributed by atoms with van der Waals surface area (Å²) in [5.41, 5.74) is 0.810. The molecule has 0 aliphatic carbocycles. The summed E-state index contributed by atoms with van der Waals surface area (Å²) in [4.78, 5) is 18.1. The van der Waals surface area contributed by atoms with Gasteiger partial charge in [0.05, 0.1) is 0 Å². The average Bonchev–Trinajstić information content (AvgIpc) is 2.72. The van der Waals surface area contributed by atoms with Crippen LogP contribution in [0.4, 0.5) is 4.79 Å². The van der Waals surface area contributed by atoms with E-state index in [9.17, 15) is 4.79 Å². The van der Waals surface area contributed by atoms with Crippen LogP contribution in [0.3, 0.4) is 0 Å². The third-order valence-electron chi connectivity index (χ3n) is 4.07. The van der Waals surface area contributed by atoms with Gasteiger partial charge in [0.15, 0.2) is 0 Å². The Kier molecular flexibility index (Phi) is 5.99. The summed E-state index contributed by atoms with van der Waals surface area (Å²) in [5, 5.41) is 3.68. The Morgan fingerprint density at radius 3 is 2.65 bits per heavy atom. The van der Waals surface area contributed by atoms with Crippen LogP contribution in [0.5, 0.6) is 0 Å². The number of pyridine rings is 1. The third-order valence-corrected chi connectivity index (χ3v) is 4.07. The fourth-order valence-electron chi connectivity index (χ4n) is 2.87. The fourth-order valence-corrected chi connectivity index (χ4v) is 2.87. The van der Waals surface area contributed by atoms with Crippen molar-refractivity contribution in [1.82, 2.24) is 15.2 Å². The molecule has 1 aromatic rings. The highest BCUT2D eigenvalue weighted by molar-refractivity contribution is 5.68. The van der Waals surface area contributed by atoms with E-state index in [1.54, 1.807) is 0 Å². The minimum atomic E-state index is -0.434. The lowest BCUT2D eigenvalue weighted by atomic mass is 10.1. The molecule has 0 aromatic carbocycles. The van der Waals surface area contributed by atoms with Crippen molar-refractivity contribution < 1.29 is 9.53 Å². The highest BCUT2D eigenvalue weighted by Crippen LogP contribution is 2.18. The fraction of sp³-hybridized carbons (Fsp3) is 0.667. The monoisotopic (exact) mass is 319 g/mol. The van der Waals surface area contributed by atoms with E-state index in [1.165, 1.54) is 5.56 Å². The maximum Gasteiger partial charge on any atom is 0.410 e. The van der Waals surface area contributed by atoms with E-state index in [-0.39, 0.29) is 12.1 Å². The van der Waals surface area contributed by atoms with Gasteiger partial charge in [0, 0.05) is 37.6 Å². The minimum absolute atomic E-state index is 0.194. The molecule has 1 amide bonds. The van der Waals surface area contributed by atoms with Crippen LogP contribution in [-0.4, -0.2) is 40.7 Å². The maximum atomic E-state index is 12.2. The number of nitrogens with one attached hydrogen (secondary N) is 1. The molecule has 1 unspecified atom stereocenters. The predicted octanol–water partition coefficient (Wildman–Crippen LogP) is 3.52. The van der Waals surface area contributed by atoms with Gasteiger partial charge in [-0.1, -0.05) is 0 Å². The number of carbonyl (C=O) groups is 1. The lowest BCUT2D eigenvalue weighted by molar-refractivity contribution is 0.0256. The molecular weight excluding hydrogens is 290 g/mol. The van der Waals surface area contributed by atoms with Gasteiger partial charge in [-0.25, -0.2) is 4.79 Å². The van der Waals surface area contributed by atoms with Gasteiger partial charge >= 0.3 is 6.09 Å².